The van der Waals surface area contributed by atoms with Gasteiger partial charge < -0.3 is 24.8 Å². The molecule has 0 unspecified atom stereocenters. The Balaban J connectivity index is 1.43. The lowest BCUT2D eigenvalue weighted by molar-refractivity contribution is -0.285. The Morgan fingerprint density at radius 1 is 1.21 bits per heavy atom. The third kappa shape index (κ3) is 3.77. The third-order valence-electron chi connectivity index (χ3n) is 5.30. The fourth-order valence-corrected chi connectivity index (χ4v) is 3.60. The summed E-state index contributed by atoms with van der Waals surface area (Å²) >= 11 is 0. The maximum Gasteiger partial charge on any atom is 0.289 e. The highest BCUT2D eigenvalue weighted by Gasteiger charge is 2.53. The zero-order chi connectivity index (χ0) is 19.8. The standard InChI is InChI=1S/C20H27N3O5/c1-19(2)12-27-20(28-13-19)15-11-14(3-4-16(15)22-18(20)25)21-17(24)5-6-23-7-9-26-10-8-23/h3-4,11H,5-10,12-13H2,1-2H3,(H,21,24)(H,22,25). The Kier molecular flexibility index (Phi) is 5.13. The smallest absolute Gasteiger partial charge is 0.289 e. The van der Waals surface area contributed by atoms with E-state index in [4.69, 9.17) is 14.2 Å². The second kappa shape index (κ2) is 7.44. The monoisotopic (exact) mass is 389 g/mol. The van der Waals surface area contributed by atoms with Gasteiger partial charge in [0.05, 0.1) is 32.1 Å². The van der Waals surface area contributed by atoms with Gasteiger partial charge >= 0.3 is 0 Å². The maximum atomic E-state index is 12.6. The Labute approximate surface area is 164 Å². The van der Waals surface area contributed by atoms with Crippen LogP contribution in [0, 0.1) is 5.41 Å². The minimum absolute atomic E-state index is 0.0654. The van der Waals surface area contributed by atoms with E-state index in [0.29, 0.717) is 56.3 Å². The quantitative estimate of drug-likeness (QED) is 0.812. The molecule has 2 amide bonds. The van der Waals surface area contributed by atoms with Crippen molar-refractivity contribution in [1.29, 1.82) is 0 Å². The topological polar surface area (TPSA) is 89.1 Å². The van der Waals surface area contributed by atoms with Gasteiger partial charge in [0.2, 0.25) is 5.91 Å². The molecule has 2 fully saturated rings. The highest BCUT2D eigenvalue weighted by atomic mass is 16.7. The molecule has 2 saturated heterocycles. The van der Waals surface area contributed by atoms with Gasteiger partial charge in [-0.1, -0.05) is 13.8 Å². The lowest BCUT2D eigenvalue weighted by Crippen LogP contribution is -2.49. The lowest BCUT2D eigenvalue weighted by Gasteiger charge is -2.39. The largest absolute Gasteiger partial charge is 0.379 e. The van der Waals surface area contributed by atoms with E-state index in [1.807, 2.05) is 13.8 Å². The van der Waals surface area contributed by atoms with Crippen molar-refractivity contribution in [2.45, 2.75) is 26.1 Å². The molecule has 2 N–H and O–H groups in total. The van der Waals surface area contributed by atoms with Crippen molar-refractivity contribution >= 4 is 23.2 Å². The van der Waals surface area contributed by atoms with Gasteiger partial charge in [-0.05, 0) is 18.2 Å². The van der Waals surface area contributed by atoms with E-state index in [0.717, 1.165) is 13.1 Å². The van der Waals surface area contributed by atoms with Gasteiger partial charge in [-0.25, -0.2) is 0 Å². The molecule has 28 heavy (non-hydrogen) atoms. The Morgan fingerprint density at radius 2 is 1.93 bits per heavy atom. The van der Waals surface area contributed by atoms with E-state index in [9.17, 15) is 9.59 Å². The number of hydrogen-bond acceptors (Lipinski definition) is 6. The van der Waals surface area contributed by atoms with Crippen LogP contribution < -0.4 is 10.6 Å². The number of ether oxygens (including phenoxy) is 3. The molecule has 1 aromatic rings. The number of amides is 2. The Bertz CT molecular complexity index is 763. The first-order valence-electron chi connectivity index (χ1n) is 9.72. The number of benzene rings is 1. The molecule has 8 nitrogen and oxygen atoms in total. The normalized spacial score (nSPS) is 23.3. The van der Waals surface area contributed by atoms with E-state index in [1.165, 1.54) is 0 Å². The highest BCUT2D eigenvalue weighted by molar-refractivity contribution is 6.05. The van der Waals surface area contributed by atoms with Gasteiger partial charge in [0.1, 0.15) is 0 Å². The number of nitrogens with zero attached hydrogens (tertiary/aromatic N) is 1. The molecule has 0 radical (unpaired) electrons. The SMILES string of the molecule is CC1(C)COC2(OC1)C(=O)Nc1ccc(NC(=O)CCN3CCOCC3)cc12. The van der Waals surface area contributed by atoms with E-state index in [1.54, 1.807) is 18.2 Å². The molecule has 3 aliphatic rings. The molecule has 3 heterocycles. The molecule has 0 saturated carbocycles. The number of carbonyl (C=O) groups excluding carboxylic acids is 2. The number of rotatable bonds is 4. The van der Waals surface area contributed by atoms with Crippen LogP contribution in [0.2, 0.25) is 0 Å². The van der Waals surface area contributed by atoms with Crippen LogP contribution in [-0.2, 0) is 29.6 Å². The van der Waals surface area contributed by atoms with Crippen molar-refractivity contribution in [2.75, 3.05) is 56.7 Å². The first-order valence-corrected chi connectivity index (χ1v) is 9.72. The molecule has 1 aromatic carbocycles. The van der Waals surface area contributed by atoms with Crippen LogP contribution in [0.25, 0.3) is 0 Å². The summed E-state index contributed by atoms with van der Waals surface area (Å²) in [7, 11) is 0. The zero-order valence-electron chi connectivity index (χ0n) is 16.4. The van der Waals surface area contributed by atoms with Crippen molar-refractivity contribution in [2.24, 2.45) is 5.41 Å². The molecule has 4 rings (SSSR count). The number of morpholine rings is 1. The number of fused-ring (bicyclic) bond motifs is 2. The first kappa shape index (κ1) is 19.3. The van der Waals surface area contributed by atoms with Gasteiger partial charge in [0, 0.05) is 42.7 Å². The molecule has 0 atom stereocenters. The summed E-state index contributed by atoms with van der Waals surface area (Å²) in [5.74, 6) is -1.82. The molecular weight excluding hydrogens is 362 g/mol. The molecular formula is C20H27N3O5. The number of nitrogens with one attached hydrogen (secondary N) is 2. The van der Waals surface area contributed by atoms with Crippen LogP contribution in [-0.4, -0.2) is 62.8 Å². The minimum Gasteiger partial charge on any atom is -0.379 e. The van der Waals surface area contributed by atoms with Crippen LogP contribution in [0.15, 0.2) is 18.2 Å². The fourth-order valence-electron chi connectivity index (χ4n) is 3.60. The predicted molar refractivity (Wildman–Crippen MR) is 103 cm³/mol. The van der Waals surface area contributed by atoms with Crippen LogP contribution in [0.4, 0.5) is 11.4 Å². The van der Waals surface area contributed by atoms with Crippen LogP contribution in [0.1, 0.15) is 25.8 Å². The predicted octanol–water partition coefficient (Wildman–Crippen LogP) is 1.53. The summed E-state index contributed by atoms with van der Waals surface area (Å²) in [6.45, 7) is 8.72. The fraction of sp³-hybridized carbons (Fsp3) is 0.600. The van der Waals surface area contributed by atoms with E-state index in [-0.39, 0.29) is 17.2 Å². The van der Waals surface area contributed by atoms with Crippen LogP contribution in [0.3, 0.4) is 0 Å². The van der Waals surface area contributed by atoms with Crippen LogP contribution >= 0.6 is 0 Å². The van der Waals surface area contributed by atoms with E-state index >= 15 is 0 Å². The molecule has 0 aromatic heterocycles. The molecule has 3 aliphatic heterocycles. The van der Waals surface area contributed by atoms with Gasteiger partial charge in [-0.15, -0.1) is 0 Å². The molecule has 0 aliphatic carbocycles. The van der Waals surface area contributed by atoms with Gasteiger partial charge in [-0.2, -0.15) is 0 Å². The number of hydrogen-bond donors (Lipinski definition) is 2. The summed E-state index contributed by atoms with van der Waals surface area (Å²) in [5.41, 5.74) is 1.73. The maximum absolute atomic E-state index is 12.6. The zero-order valence-corrected chi connectivity index (χ0v) is 16.4. The molecule has 0 bridgehead atoms. The van der Waals surface area contributed by atoms with Crippen LogP contribution in [0.5, 0.6) is 0 Å². The first-order chi connectivity index (χ1) is 13.4. The molecule has 8 heteroatoms. The highest BCUT2D eigenvalue weighted by Crippen LogP contribution is 2.45. The Morgan fingerprint density at radius 3 is 2.64 bits per heavy atom. The van der Waals surface area contributed by atoms with Gasteiger partial charge in [-0.3, -0.25) is 14.5 Å². The van der Waals surface area contributed by atoms with E-state index in [2.05, 4.69) is 15.5 Å². The third-order valence-corrected chi connectivity index (χ3v) is 5.30. The number of carbonyl (C=O) groups is 2. The van der Waals surface area contributed by atoms with Gasteiger partial charge in [0.25, 0.3) is 11.7 Å². The van der Waals surface area contributed by atoms with Crippen molar-refractivity contribution < 1.29 is 23.8 Å². The average Bonchev–Trinajstić information content (AvgIpc) is 2.95. The summed E-state index contributed by atoms with van der Waals surface area (Å²) < 4.78 is 17.1. The molecule has 152 valence electrons. The summed E-state index contributed by atoms with van der Waals surface area (Å²) in [6, 6.07) is 5.31. The lowest BCUT2D eigenvalue weighted by atomic mass is 9.93. The van der Waals surface area contributed by atoms with Crippen molar-refractivity contribution in [3.05, 3.63) is 23.8 Å². The Hall–Kier alpha value is -2.00. The van der Waals surface area contributed by atoms with Crippen molar-refractivity contribution in [1.82, 2.24) is 4.90 Å². The molecule has 1 spiro atoms. The second-order valence-electron chi connectivity index (χ2n) is 8.32. The average molecular weight is 389 g/mol. The summed E-state index contributed by atoms with van der Waals surface area (Å²) in [5, 5.41) is 5.73. The summed E-state index contributed by atoms with van der Waals surface area (Å²) in [6.07, 6.45) is 0.403. The van der Waals surface area contributed by atoms with Gasteiger partial charge in [0.15, 0.2) is 0 Å². The number of anilines is 2. The summed E-state index contributed by atoms with van der Waals surface area (Å²) in [4.78, 5) is 27.1. The van der Waals surface area contributed by atoms with E-state index < -0.39 is 5.79 Å². The van der Waals surface area contributed by atoms with Crippen molar-refractivity contribution in [3.63, 3.8) is 0 Å². The second-order valence-corrected chi connectivity index (χ2v) is 8.32. The van der Waals surface area contributed by atoms with Crippen molar-refractivity contribution in [3.8, 4) is 0 Å². The minimum atomic E-state index is -1.43.